The number of nitrogens with zero attached hydrogens (tertiary/aromatic N) is 3. The molecule has 3 heterocycles. The first kappa shape index (κ1) is 15.2. The van der Waals surface area contributed by atoms with Crippen LogP contribution in [0.25, 0.3) is 0 Å². The number of carbonyl (C=O) groups is 1. The number of ether oxygens (including phenoxy) is 1. The molecule has 1 amide bonds. The van der Waals surface area contributed by atoms with Gasteiger partial charge in [-0.05, 0) is 32.6 Å². The van der Waals surface area contributed by atoms with E-state index in [1.165, 1.54) is 11.3 Å². The van der Waals surface area contributed by atoms with Crippen molar-refractivity contribution in [3.63, 3.8) is 0 Å². The predicted molar refractivity (Wildman–Crippen MR) is 85.3 cm³/mol. The maximum Gasteiger partial charge on any atom is 0.267 e. The Morgan fingerprint density at radius 1 is 1.45 bits per heavy atom. The Labute approximate surface area is 133 Å². The molecule has 2 aromatic rings. The van der Waals surface area contributed by atoms with Crippen molar-refractivity contribution in [2.45, 2.75) is 33.2 Å². The van der Waals surface area contributed by atoms with Gasteiger partial charge in [0.25, 0.3) is 5.91 Å². The second-order valence-corrected chi connectivity index (χ2v) is 6.81. The quantitative estimate of drug-likeness (QED) is 0.940. The van der Waals surface area contributed by atoms with Crippen LogP contribution >= 0.6 is 11.3 Å². The van der Waals surface area contributed by atoms with E-state index in [0.29, 0.717) is 10.8 Å². The van der Waals surface area contributed by atoms with Gasteiger partial charge in [-0.1, -0.05) is 0 Å². The van der Waals surface area contributed by atoms with Gasteiger partial charge < -0.3 is 10.1 Å². The molecule has 0 spiro atoms. The number of anilines is 1. The average molecular weight is 320 g/mol. The van der Waals surface area contributed by atoms with Crippen LogP contribution in [0, 0.1) is 19.8 Å². The molecule has 1 aliphatic rings. The van der Waals surface area contributed by atoms with Crippen molar-refractivity contribution in [1.82, 2.24) is 14.8 Å². The van der Waals surface area contributed by atoms with Crippen molar-refractivity contribution in [2.24, 2.45) is 5.92 Å². The molecule has 0 radical (unpaired) electrons. The monoisotopic (exact) mass is 320 g/mol. The summed E-state index contributed by atoms with van der Waals surface area (Å²) in [6.07, 6.45) is 5.72. The Morgan fingerprint density at radius 3 is 2.91 bits per heavy atom. The van der Waals surface area contributed by atoms with Crippen molar-refractivity contribution >= 4 is 22.9 Å². The Kier molecular flexibility index (Phi) is 4.54. The minimum absolute atomic E-state index is 0.117. The van der Waals surface area contributed by atoms with Gasteiger partial charge in [-0.3, -0.25) is 9.48 Å². The molecule has 22 heavy (non-hydrogen) atoms. The molecule has 1 saturated heterocycles. The van der Waals surface area contributed by atoms with Gasteiger partial charge in [0.2, 0.25) is 0 Å². The van der Waals surface area contributed by atoms with Crippen molar-refractivity contribution in [3.8, 4) is 0 Å². The number of thiazole rings is 1. The van der Waals surface area contributed by atoms with Crippen LogP contribution in [0.15, 0.2) is 12.4 Å². The number of aromatic nitrogens is 3. The predicted octanol–water partition coefficient (Wildman–Crippen LogP) is 2.64. The van der Waals surface area contributed by atoms with E-state index in [-0.39, 0.29) is 5.91 Å². The van der Waals surface area contributed by atoms with E-state index in [9.17, 15) is 4.79 Å². The van der Waals surface area contributed by atoms with Gasteiger partial charge in [0.1, 0.15) is 4.88 Å². The average Bonchev–Trinajstić information content (AvgIpc) is 3.06. The molecule has 118 valence electrons. The summed E-state index contributed by atoms with van der Waals surface area (Å²) in [5, 5.41) is 8.13. The Balaban J connectivity index is 1.61. The van der Waals surface area contributed by atoms with Crippen LogP contribution in [0.3, 0.4) is 0 Å². The molecule has 0 unspecified atom stereocenters. The summed E-state index contributed by atoms with van der Waals surface area (Å²) in [6.45, 7) is 6.30. The standard InChI is InChI=1S/C15H20N4O2S/c1-10-14(22-11(2)17-10)15(20)18-13-7-16-19(9-13)8-12-3-5-21-6-4-12/h7,9,12H,3-6,8H2,1-2H3,(H,18,20). The smallest absolute Gasteiger partial charge is 0.267 e. The third-order valence-electron chi connectivity index (χ3n) is 3.79. The number of carbonyl (C=O) groups excluding carboxylic acids is 1. The molecule has 6 nitrogen and oxygen atoms in total. The van der Waals surface area contributed by atoms with Crippen molar-refractivity contribution in [1.29, 1.82) is 0 Å². The van der Waals surface area contributed by atoms with Crippen LogP contribution in [0.1, 0.15) is 33.2 Å². The first-order valence-electron chi connectivity index (χ1n) is 7.47. The second-order valence-electron chi connectivity index (χ2n) is 5.61. The lowest BCUT2D eigenvalue weighted by molar-refractivity contribution is 0.0601. The lowest BCUT2D eigenvalue weighted by Crippen LogP contribution is -2.20. The van der Waals surface area contributed by atoms with E-state index < -0.39 is 0 Å². The van der Waals surface area contributed by atoms with Crippen LogP contribution < -0.4 is 5.32 Å². The molecule has 1 N–H and O–H groups in total. The molecule has 3 rings (SSSR count). The minimum Gasteiger partial charge on any atom is -0.381 e. The van der Waals surface area contributed by atoms with Crippen LogP contribution in [0.2, 0.25) is 0 Å². The van der Waals surface area contributed by atoms with E-state index in [1.807, 2.05) is 24.7 Å². The number of rotatable bonds is 4. The normalized spacial score (nSPS) is 15.9. The fourth-order valence-electron chi connectivity index (χ4n) is 2.65. The molecule has 7 heteroatoms. The maximum absolute atomic E-state index is 12.3. The molecule has 1 aliphatic heterocycles. The molecule has 0 bridgehead atoms. The van der Waals surface area contributed by atoms with E-state index in [4.69, 9.17) is 4.74 Å². The summed E-state index contributed by atoms with van der Waals surface area (Å²) >= 11 is 1.41. The van der Waals surface area contributed by atoms with Crippen LogP contribution in [-0.4, -0.2) is 33.9 Å². The van der Waals surface area contributed by atoms with Crippen LogP contribution in [0.5, 0.6) is 0 Å². The summed E-state index contributed by atoms with van der Waals surface area (Å²) in [5.74, 6) is 0.484. The molecular formula is C15H20N4O2S. The lowest BCUT2D eigenvalue weighted by Gasteiger charge is -2.21. The minimum atomic E-state index is -0.117. The molecule has 1 fully saturated rings. The number of hydrogen-bond donors (Lipinski definition) is 1. The van der Waals surface area contributed by atoms with E-state index in [1.54, 1.807) is 6.20 Å². The number of amides is 1. The van der Waals surface area contributed by atoms with Gasteiger partial charge in [-0.25, -0.2) is 4.98 Å². The molecule has 2 aromatic heterocycles. The van der Waals surface area contributed by atoms with Crippen molar-refractivity contribution in [3.05, 3.63) is 28.0 Å². The molecule has 0 aromatic carbocycles. The van der Waals surface area contributed by atoms with E-state index >= 15 is 0 Å². The Morgan fingerprint density at radius 2 is 2.23 bits per heavy atom. The van der Waals surface area contributed by atoms with Gasteiger partial charge in [0.15, 0.2) is 0 Å². The fourth-order valence-corrected chi connectivity index (χ4v) is 3.47. The van der Waals surface area contributed by atoms with Gasteiger partial charge in [0, 0.05) is 26.0 Å². The highest BCUT2D eigenvalue weighted by atomic mass is 32.1. The summed E-state index contributed by atoms with van der Waals surface area (Å²) in [7, 11) is 0. The zero-order chi connectivity index (χ0) is 15.5. The van der Waals surface area contributed by atoms with E-state index in [2.05, 4.69) is 15.4 Å². The lowest BCUT2D eigenvalue weighted by atomic mass is 10.0. The second kappa shape index (κ2) is 6.58. The van der Waals surface area contributed by atoms with Crippen molar-refractivity contribution in [2.75, 3.05) is 18.5 Å². The molecule has 0 saturated carbocycles. The first-order valence-corrected chi connectivity index (χ1v) is 8.29. The van der Waals surface area contributed by atoms with Crippen LogP contribution in [-0.2, 0) is 11.3 Å². The van der Waals surface area contributed by atoms with Gasteiger partial charge in [-0.15, -0.1) is 11.3 Å². The molecular weight excluding hydrogens is 300 g/mol. The number of nitrogens with one attached hydrogen (secondary N) is 1. The maximum atomic E-state index is 12.3. The fraction of sp³-hybridized carbons (Fsp3) is 0.533. The largest absolute Gasteiger partial charge is 0.381 e. The Bertz CT molecular complexity index is 658. The summed E-state index contributed by atoms with van der Waals surface area (Å²) < 4.78 is 7.27. The van der Waals surface area contributed by atoms with Crippen LogP contribution in [0.4, 0.5) is 5.69 Å². The van der Waals surface area contributed by atoms with Crippen molar-refractivity contribution < 1.29 is 9.53 Å². The SMILES string of the molecule is Cc1nc(C)c(C(=O)Nc2cnn(CC3CCOCC3)c2)s1. The zero-order valence-corrected chi connectivity index (χ0v) is 13.7. The van der Waals surface area contributed by atoms with Gasteiger partial charge >= 0.3 is 0 Å². The third kappa shape index (κ3) is 3.53. The number of hydrogen-bond acceptors (Lipinski definition) is 5. The van der Waals surface area contributed by atoms with Gasteiger partial charge in [0.05, 0.1) is 22.6 Å². The highest BCUT2D eigenvalue weighted by Gasteiger charge is 2.17. The summed E-state index contributed by atoms with van der Waals surface area (Å²) in [6, 6.07) is 0. The van der Waals surface area contributed by atoms with Gasteiger partial charge in [-0.2, -0.15) is 5.10 Å². The first-order chi connectivity index (χ1) is 10.6. The third-order valence-corrected chi connectivity index (χ3v) is 4.86. The van der Waals surface area contributed by atoms with E-state index in [0.717, 1.165) is 49.0 Å². The molecule has 0 atom stereocenters. The number of aryl methyl sites for hydroxylation is 2. The summed E-state index contributed by atoms with van der Waals surface area (Å²) in [4.78, 5) is 17.2. The molecule has 0 aliphatic carbocycles. The highest BCUT2D eigenvalue weighted by Crippen LogP contribution is 2.20. The topological polar surface area (TPSA) is 69.0 Å². The summed E-state index contributed by atoms with van der Waals surface area (Å²) in [5.41, 5.74) is 1.50. The highest BCUT2D eigenvalue weighted by molar-refractivity contribution is 7.13. The Hall–Kier alpha value is -1.73. The zero-order valence-electron chi connectivity index (χ0n) is 12.8.